The van der Waals surface area contributed by atoms with Crippen molar-refractivity contribution in [3.05, 3.63) is 75.1 Å². The number of carbonyl (C=O) groups is 1. The van der Waals surface area contributed by atoms with E-state index in [9.17, 15) is 19.1 Å². The predicted octanol–water partition coefficient (Wildman–Crippen LogP) is 3.37. The minimum atomic E-state index is -0.702. The summed E-state index contributed by atoms with van der Waals surface area (Å²) in [6.45, 7) is 7.92. The number of ether oxygens (including phenoxy) is 1. The fraction of sp³-hybridized carbons (Fsp3) is 0.304. The van der Waals surface area contributed by atoms with Gasteiger partial charge in [0.25, 0.3) is 5.91 Å². The number of hydrogen-bond donors (Lipinski definition) is 1. The minimum Gasteiger partial charge on any atom is -0.503 e. The molecule has 0 bridgehead atoms. The van der Waals surface area contributed by atoms with E-state index >= 15 is 0 Å². The number of fused-ring (bicyclic) bond motifs is 1. The molecule has 3 aromatic rings. The molecule has 8 nitrogen and oxygen atoms in total. The number of halogens is 1. The van der Waals surface area contributed by atoms with Crippen LogP contribution in [0.25, 0.3) is 10.6 Å². The molecule has 1 aromatic carbocycles. The van der Waals surface area contributed by atoms with Gasteiger partial charge in [0, 0.05) is 25.2 Å². The number of amides is 1. The fourth-order valence-corrected chi connectivity index (χ4v) is 4.65. The molecule has 0 fully saturated rings. The molecule has 3 heterocycles. The Labute approximate surface area is 193 Å². The number of carbonyl (C=O) groups excluding carboxylic acids is 1. The van der Waals surface area contributed by atoms with E-state index in [0.29, 0.717) is 22.2 Å². The van der Waals surface area contributed by atoms with Gasteiger partial charge in [-0.1, -0.05) is 30.0 Å². The molecule has 0 unspecified atom stereocenters. The Kier molecular flexibility index (Phi) is 6.03. The van der Waals surface area contributed by atoms with Crippen molar-refractivity contribution in [1.29, 1.82) is 0 Å². The molecule has 0 saturated carbocycles. The van der Waals surface area contributed by atoms with Crippen LogP contribution >= 0.6 is 11.3 Å². The van der Waals surface area contributed by atoms with Crippen LogP contribution in [-0.2, 0) is 11.2 Å². The Morgan fingerprint density at radius 1 is 1.30 bits per heavy atom. The largest absolute Gasteiger partial charge is 0.503 e. The summed E-state index contributed by atoms with van der Waals surface area (Å²) in [5, 5.41) is 20.0. The van der Waals surface area contributed by atoms with Crippen molar-refractivity contribution in [2.24, 2.45) is 0 Å². The second-order valence-corrected chi connectivity index (χ2v) is 9.08. The number of rotatable bonds is 6. The van der Waals surface area contributed by atoms with Crippen molar-refractivity contribution in [2.75, 3.05) is 13.7 Å². The van der Waals surface area contributed by atoms with Crippen molar-refractivity contribution in [3.8, 4) is 16.3 Å². The molecular weight excluding hydrogens is 447 g/mol. The summed E-state index contributed by atoms with van der Waals surface area (Å²) in [5.74, 6) is -1.03. The lowest BCUT2D eigenvalue weighted by Gasteiger charge is -2.38. The quantitative estimate of drug-likeness (QED) is 0.555. The summed E-state index contributed by atoms with van der Waals surface area (Å²) in [7, 11) is 1.48. The van der Waals surface area contributed by atoms with Crippen LogP contribution in [0.4, 0.5) is 4.39 Å². The lowest BCUT2D eigenvalue weighted by molar-refractivity contribution is 0.0585. The molecule has 0 aliphatic carbocycles. The molecule has 172 valence electrons. The number of aromatic nitrogens is 3. The van der Waals surface area contributed by atoms with Gasteiger partial charge in [0.15, 0.2) is 16.5 Å². The van der Waals surface area contributed by atoms with Crippen molar-refractivity contribution in [2.45, 2.75) is 32.4 Å². The van der Waals surface area contributed by atoms with Gasteiger partial charge in [-0.2, -0.15) is 0 Å². The zero-order chi connectivity index (χ0) is 23.9. The Hall–Kier alpha value is -3.53. The standard InChI is InChI=1S/C23H23FN4O4S/c1-12(2)27-11-17(13(3)32-4)28-10-16(20(29)21(30)19(28)23(27)31)22-26-25-18(33-22)9-14-5-7-15(24)8-6-14/h5-8,10,12,17,30H,3,9,11H2,1-2,4H3/t17-/m0/s1. The van der Waals surface area contributed by atoms with Crippen LogP contribution in [0.5, 0.6) is 5.75 Å². The second kappa shape index (κ2) is 8.78. The zero-order valence-corrected chi connectivity index (χ0v) is 19.2. The first-order valence-electron chi connectivity index (χ1n) is 10.3. The lowest BCUT2D eigenvalue weighted by atomic mass is 10.1. The molecule has 2 aromatic heterocycles. The summed E-state index contributed by atoms with van der Waals surface area (Å²) in [5.41, 5.74) is 0.160. The topological polar surface area (TPSA) is 97.6 Å². The van der Waals surface area contributed by atoms with Gasteiger partial charge in [0.2, 0.25) is 5.43 Å². The molecule has 1 amide bonds. The van der Waals surface area contributed by atoms with Crippen molar-refractivity contribution >= 4 is 17.2 Å². The summed E-state index contributed by atoms with van der Waals surface area (Å²) in [6.07, 6.45) is 1.92. The first-order chi connectivity index (χ1) is 15.7. The maximum Gasteiger partial charge on any atom is 0.274 e. The first kappa shape index (κ1) is 22.7. The van der Waals surface area contributed by atoms with Gasteiger partial charge in [0.1, 0.15) is 22.6 Å². The summed E-state index contributed by atoms with van der Waals surface area (Å²) in [6, 6.07) is 5.40. The van der Waals surface area contributed by atoms with Crippen LogP contribution in [-0.4, -0.2) is 50.4 Å². The minimum absolute atomic E-state index is 0.108. The van der Waals surface area contributed by atoms with Gasteiger partial charge in [-0.3, -0.25) is 9.59 Å². The first-order valence-corrected chi connectivity index (χ1v) is 11.1. The number of nitrogens with zero attached hydrogens (tertiary/aromatic N) is 4. The van der Waals surface area contributed by atoms with Crippen molar-refractivity contribution in [1.82, 2.24) is 19.7 Å². The summed E-state index contributed by atoms with van der Waals surface area (Å²) >= 11 is 1.19. The fourth-order valence-electron chi connectivity index (χ4n) is 3.77. The molecule has 1 atom stereocenters. The number of hydrogen-bond acceptors (Lipinski definition) is 7. The Morgan fingerprint density at radius 3 is 2.64 bits per heavy atom. The van der Waals surface area contributed by atoms with E-state index < -0.39 is 23.1 Å². The molecule has 1 aliphatic rings. The molecule has 1 N–H and O–H groups in total. The highest BCUT2D eigenvalue weighted by Gasteiger charge is 2.37. The van der Waals surface area contributed by atoms with Crippen LogP contribution < -0.4 is 5.43 Å². The van der Waals surface area contributed by atoms with Crippen molar-refractivity contribution < 1.29 is 19.0 Å². The number of benzene rings is 1. The number of methoxy groups -OCH3 is 1. The molecule has 4 rings (SSSR count). The Morgan fingerprint density at radius 2 is 2.00 bits per heavy atom. The van der Waals surface area contributed by atoms with E-state index in [1.807, 2.05) is 13.8 Å². The van der Waals surface area contributed by atoms with Crippen LogP contribution in [0, 0.1) is 5.82 Å². The summed E-state index contributed by atoms with van der Waals surface area (Å²) < 4.78 is 20.0. The smallest absolute Gasteiger partial charge is 0.274 e. The van der Waals surface area contributed by atoms with E-state index in [-0.39, 0.29) is 29.7 Å². The monoisotopic (exact) mass is 470 g/mol. The molecular formula is C23H23FN4O4S. The third-order valence-electron chi connectivity index (χ3n) is 5.60. The van der Waals surface area contributed by atoms with Gasteiger partial charge >= 0.3 is 0 Å². The highest BCUT2D eigenvalue weighted by Crippen LogP contribution is 2.34. The highest BCUT2D eigenvalue weighted by molar-refractivity contribution is 7.14. The van der Waals surface area contributed by atoms with Gasteiger partial charge in [-0.05, 0) is 31.5 Å². The van der Waals surface area contributed by atoms with E-state index in [2.05, 4.69) is 16.8 Å². The lowest BCUT2D eigenvalue weighted by Crippen LogP contribution is -2.48. The van der Waals surface area contributed by atoms with Gasteiger partial charge in [-0.15, -0.1) is 10.2 Å². The van der Waals surface area contributed by atoms with Gasteiger partial charge < -0.3 is 19.3 Å². The number of pyridine rings is 1. The van der Waals surface area contributed by atoms with Crippen LogP contribution in [0.2, 0.25) is 0 Å². The average molecular weight is 471 g/mol. The molecule has 0 radical (unpaired) electrons. The van der Waals surface area contributed by atoms with Gasteiger partial charge in [-0.25, -0.2) is 4.39 Å². The molecule has 0 saturated heterocycles. The molecule has 10 heteroatoms. The second-order valence-electron chi connectivity index (χ2n) is 8.02. The van der Waals surface area contributed by atoms with Gasteiger partial charge in [0.05, 0.1) is 12.7 Å². The third-order valence-corrected chi connectivity index (χ3v) is 6.56. The zero-order valence-electron chi connectivity index (χ0n) is 18.4. The van der Waals surface area contributed by atoms with Crippen LogP contribution in [0.3, 0.4) is 0 Å². The highest BCUT2D eigenvalue weighted by atomic mass is 32.1. The van der Waals surface area contributed by atoms with Crippen LogP contribution in [0.15, 0.2) is 47.6 Å². The van der Waals surface area contributed by atoms with E-state index in [0.717, 1.165) is 5.56 Å². The van der Waals surface area contributed by atoms with E-state index in [1.54, 1.807) is 17.0 Å². The molecule has 33 heavy (non-hydrogen) atoms. The maximum atomic E-state index is 13.2. The predicted molar refractivity (Wildman–Crippen MR) is 122 cm³/mol. The van der Waals surface area contributed by atoms with E-state index in [4.69, 9.17) is 4.74 Å². The SMILES string of the molecule is C=C(OC)[C@@H]1CN(C(C)C)C(=O)c2c(O)c(=O)c(-c3nnc(Cc4ccc(F)cc4)s3)cn21. The normalized spacial score (nSPS) is 15.6. The van der Waals surface area contributed by atoms with Crippen molar-refractivity contribution in [3.63, 3.8) is 0 Å². The van der Waals surface area contributed by atoms with E-state index in [1.165, 1.54) is 41.3 Å². The Bertz CT molecular complexity index is 1280. The number of aromatic hydroxyl groups is 1. The molecule has 0 spiro atoms. The summed E-state index contributed by atoms with van der Waals surface area (Å²) in [4.78, 5) is 27.6. The third kappa shape index (κ3) is 4.13. The average Bonchev–Trinajstić information content (AvgIpc) is 3.25. The molecule has 1 aliphatic heterocycles. The Balaban J connectivity index is 1.78. The maximum absolute atomic E-state index is 13.2. The van der Waals surface area contributed by atoms with Crippen LogP contribution in [0.1, 0.15) is 40.9 Å².